The van der Waals surface area contributed by atoms with E-state index in [0.29, 0.717) is 0 Å². The van der Waals surface area contributed by atoms with Gasteiger partial charge in [0.1, 0.15) is 6.33 Å². The average molecular weight is 161 g/mol. The fourth-order valence-corrected chi connectivity index (χ4v) is 0.976. The fraction of sp³-hybridized carbons (Fsp3) is 0.222. The lowest BCUT2D eigenvalue weighted by molar-refractivity contribution is 1.11. The predicted molar refractivity (Wildman–Crippen MR) is 49.2 cm³/mol. The van der Waals surface area contributed by atoms with Gasteiger partial charge < -0.3 is 0 Å². The van der Waals surface area contributed by atoms with Gasteiger partial charge in [0.15, 0.2) is 0 Å². The van der Waals surface area contributed by atoms with Gasteiger partial charge in [0, 0.05) is 12.4 Å². The minimum atomic E-state index is 0.866. The van der Waals surface area contributed by atoms with E-state index >= 15 is 0 Å². The summed E-state index contributed by atoms with van der Waals surface area (Å²) in [6, 6.07) is 0. The van der Waals surface area contributed by atoms with Crippen molar-refractivity contribution in [3.05, 3.63) is 36.6 Å². The summed E-state index contributed by atoms with van der Waals surface area (Å²) in [5.41, 5.74) is 2.77. The zero-order valence-corrected chi connectivity index (χ0v) is 7.28. The molecule has 12 heavy (non-hydrogen) atoms. The van der Waals surface area contributed by atoms with E-state index in [9.17, 15) is 0 Å². The first-order valence-corrected chi connectivity index (χ1v) is 3.68. The minimum Gasteiger partial charge on any atom is -0.260 e. The first-order valence-electron chi connectivity index (χ1n) is 3.68. The Kier molecular flexibility index (Phi) is 2.69. The number of rotatable bonds is 2. The first kappa shape index (κ1) is 8.59. The quantitative estimate of drug-likeness (QED) is 0.619. The molecule has 0 aliphatic rings. The minimum absolute atomic E-state index is 0.866. The number of hydrogen-bond donors (Lipinski definition) is 0. The molecule has 62 valence electrons. The zero-order valence-electron chi connectivity index (χ0n) is 7.28. The third-order valence-corrected chi connectivity index (χ3v) is 1.52. The molecule has 0 spiro atoms. The summed E-state index contributed by atoms with van der Waals surface area (Å²) >= 11 is 0. The number of aromatic nitrogens is 2. The van der Waals surface area contributed by atoms with Crippen LogP contribution in [-0.2, 0) is 0 Å². The molecular weight excluding hydrogens is 150 g/mol. The smallest absolute Gasteiger partial charge is 0.116 e. The molecule has 0 amide bonds. The van der Waals surface area contributed by atoms with E-state index in [1.807, 2.05) is 13.8 Å². The summed E-state index contributed by atoms with van der Waals surface area (Å²) < 4.78 is 0. The molecule has 0 radical (unpaired) electrons. The van der Waals surface area contributed by atoms with Crippen LogP contribution in [0.25, 0.3) is 0 Å². The molecule has 0 aromatic carbocycles. The predicted octanol–water partition coefficient (Wildman–Crippen LogP) is 1.74. The molecule has 1 aromatic heterocycles. The van der Waals surface area contributed by atoms with Crippen LogP contribution in [0.3, 0.4) is 0 Å². The fourth-order valence-electron chi connectivity index (χ4n) is 0.976. The van der Waals surface area contributed by atoms with E-state index in [0.717, 1.165) is 17.0 Å². The van der Waals surface area contributed by atoms with Crippen LogP contribution < -0.4 is 0 Å². The maximum absolute atomic E-state index is 4.11. The molecule has 0 aliphatic heterocycles. The second-order valence-corrected chi connectivity index (χ2v) is 2.45. The van der Waals surface area contributed by atoms with Crippen molar-refractivity contribution in [3.8, 4) is 0 Å². The van der Waals surface area contributed by atoms with Crippen LogP contribution in [0.1, 0.15) is 18.2 Å². The van der Waals surface area contributed by atoms with Gasteiger partial charge in [0.2, 0.25) is 0 Å². The molecule has 0 saturated carbocycles. The molecular formula is C9H11N3. The van der Waals surface area contributed by atoms with Crippen molar-refractivity contribution in [2.45, 2.75) is 13.8 Å². The monoisotopic (exact) mass is 161 g/mol. The molecule has 0 atom stereocenters. The van der Waals surface area contributed by atoms with Gasteiger partial charge in [0.05, 0.1) is 11.4 Å². The van der Waals surface area contributed by atoms with Crippen LogP contribution >= 0.6 is 0 Å². The van der Waals surface area contributed by atoms with Crippen LogP contribution in [0.2, 0.25) is 0 Å². The number of nitrogens with zero attached hydrogens (tertiary/aromatic N) is 3. The Morgan fingerprint density at radius 3 is 3.00 bits per heavy atom. The standard InChI is InChI=1S/C9H11N3/c1-4-11-8(3)9-7(2)5-10-6-12-9/h4-6H,1H2,2-3H3. The first-order chi connectivity index (χ1) is 5.75. The van der Waals surface area contributed by atoms with Gasteiger partial charge in [-0.1, -0.05) is 6.58 Å². The Morgan fingerprint density at radius 1 is 1.67 bits per heavy atom. The lowest BCUT2D eigenvalue weighted by Gasteiger charge is -2.00. The summed E-state index contributed by atoms with van der Waals surface area (Å²) in [6.45, 7) is 7.38. The molecule has 3 heteroatoms. The van der Waals surface area contributed by atoms with E-state index in [-0.39, 0.29) is 0 Å². The van der Waals surface area contributed by atoms with Crippen LogP contribution in [0.5, 0.6) is 0 Å². The Balaban J connectivity index is 3.10. The Hall–Kier alpha value is -1.51. The molecule has 3 nitrogen and oxygen atoms in total. The highest BCUT2D eigenvalue weighted by molar-refractivity contribution is 5.98. The third kappa shape index (κ3) is 1.75. The Bertz CT molecular complexity index is 315. The summed E-state index contributed by atoms with van der Waals surface area (Å²) in [4.78, 5) is 12.0. The molecule has 0 saturated heterocycles. The van der Waals surface area contributed by atoms with Crippen molar-refractivity contribution in [1.82, 2.24) is 9.97 Å². The van der Waals surface area contributed by atoms with Crippen LogP contribution in [0.15, 0.2) is 30.3 Å². The number of aliphatic imine (C=N–C) groups is 1. The van der Waals surface area contributed by atoms with Gasteiger partial charge in [-0.05, 0) is 19.4 Å². The molecule has 1 heterocycles. The zero-order chi connectivity index (χ0) is 8.97. The Labute approximate surface area is 71.9 Å². The van der Waals surface area contributed by atoms with Gasteiger partial charge in [0.25, 0.3) is 0 Å². The van der Waals surface area contributed by atoms with Crippen molar-refractivity contribution in [2.75, 3.05) is 0 Å². The van der Waals surface area contributed by atoms with Gasteiger partial charge in [-0.25, -0.2) is 9.97 Å². The molecule has 0 bridgehead atoms. The van der Waals surface area contributed by atoms with Crippen LogP contribution in [0.4, 0.5) is 0 Å². The number of hydrogen-bond acceptors (Lipinski definition) is 3. The van der Waals surface area contributed by atoms with Gasteiger partial charge in [-0.15, -0.1) is 0 Å². The van der Waals surface area contributed by atoms with E-state index in [1.54, 1.807) is 6.20 Å². The summed E-state index contributed by atoms with van der Waals surface area (Å²) in [6.07, 6.45) is 4.80. The van der Waals surface area contributed by atoms with E-state index in [1.165, 1.54) is 12.5 Å². The van der Waals surface area contributed by atoms with Gasteiger partial charge >= 0.3 is 0 Å². The second-order valence-electron chi connectivity index (χ2n) is 2.45. The summed E-state index contributed by atoms with van der Waals surface area (Å²) in [5, 5.41) is 0. The van der Waals surface area contributed by atoms with Crippen molar-refractivity contribution < 1.29 is 0 Å². The van der Waals surface area contributed by atoms with Crippen molar-refractivity contribution >= 4 is 5.71 Å². The van der Waals surface area contributed by atoms with Crippen molar-refractivity contribution in [1.29, 1.82) is 0 Å². The lowest BCUT2D eigenvalue weighted by atomic mass is 10.2. The van der Waals surface area contributed by atoms with Gasteiger partial charge in [-0.2, -0.15) is 0 Å². The summed E-state index contributed by atoms with van der Waals surface area (Å²) in [7, 11) is 0. The highest BCUT2D eigenvalue weighted by atomic mass is 14.8. The van der Waals surface area contributed by atoms with Crippen molar-refractivity contribution in [2.24, 2.45) is 4.99 Å². The van der Waals surface area contributed by atoms with E-state index in [4.69, 9.17) is 0 Å². The van der Waals surface area contributed by atoms with Crippen molar-refractivity contribution in [3.63, 3.8) is 0 Å². The lowest BCUT2D eigenvalue weighted by Crippen LogP contribution is -2.01. The summed E-state index contributed by atoms with van der Waals surface area (Å²) in [5.74, 6) is 0. The SMILES string of the molecule is C=CN=C(C)c1ncncc1C. The van der Waals surface area contributed by atoms with Crippen LogP contribution in [0, 0.1) is 6.92 Å². The molecule has 0 aliphatic carbocycles. The normalized spacial score (nSPS) is 11.3. The third-order valence-electron chi connectivity index (χ3n) is 1.52. The van der Waals surface area contributed by atoms with Crippen LogP contribution in [-0.4, -0.2) is 15.7 Å². The Morgan fingerprint density at radius 2 is 2.42 bits per heavy atom. The molecule has 0 N–H and O–H groups in total. The second kappa shape index (κ2) is 3.76. The highest BCUT2D eigenvalue weighted by Gasteiger charge is 2.00. The van der Waals surface area contributed by atoms with E-state index in [2.05, 4.69) is 21.5 Å². The molecule has 0 unspecified atom stereocenters. The molecule has 1 rings (SSSR count). The highest BCUT2D eigenvalue weighted by Crippen LogP contribution is 2.02. The van der Waals surface area contributed by atoms with Gasteiger partial charge in [-0.3, -0.25) is 4.99 Å². The molecule has 0 fully saturated rings. The topological polar surface area (TPSA) is 38.1 Å². The maximum Gasteiger partial charge on any atom is 0.116 e. The van der Waals surface area contributed by atoms with E-state index < -0.39 is 0 Å². The number of aryl methyl sites for hydroxylation is 1. The average Bonchev–Trinajstić information content (AvgIpc) is 2.05. The maximum atomic E-state index is 4.11. The largest absolute Gasteiger partial charge is 0.260 e. The molecule has 1 aromatic rings.